The van der Waals surface area contributed by atoms with Crippen LogP contribution in [0.2, 0.25) is 0 Å². The van der Waals surface area contributed by atoms with E-state index < -0.39 is 0 Å². The number of nitrogens with one attached hydrogen (secondary N) is 1. The van der Waals surface area contributed by atoms with Crippen molar-refractivity contribution in [2.75, 3.05) is 23.6 Å². The lowest BCUT2D eigenvalue weighted by atomic mass is 10.1. The number of carbonyl (C=O) groups is 2. The Morgan fingerprint density at radius 1 is 1.19 bits per heavy atom. The van der Waals surface area contributed by atoms with E-state index in [4.69, 9.17) is 9.47 Å². The van der Waals surface area contributed by atoms with E-state index in [1.54, 1.807) is 11.0 Å². The first kappa shape index (κ1) is 16.2. The van der Waals surface area contributed by atoms with Crippen LogP contribution in [0.3, 0.4) is 0 Å². The molecular weight excluding hydrogens is 332 g/mol. The maximum Gasteiger partial charge on any atom is 0.248 e. The molecule has 0 fully saturated rings. The quantitative estimate of drug-likeness (QED) is 0.861. The third-order valence-corrected chi connectivity index (χ3v) is 4.42. The Morgan fingerprint density at radius 3 is 2.88 bits per heavy atom. The summed E-state index contributed by atoms with van der Waals surface area (Å²) in [6.07, 6.45) is 3.56. The number of carbonyl (C=O) groups excluding carboxylic acids is 2. The highest BCUT2D eigenvalue weighted by atomic mass is 16.7. The zero-order valence-electron chi connectivity index (χ0n) is 14.3. The SMILES string of the molecule is CCN1C(=O)Cc2cc(NC(=O)/C=C/c3ccc4c(c3)OCO4)ccc21. The Bertz CT molecular complexity index is 920. The molecule has 1 N–H and O–H groups in total. The van der Waals surface area contributed by atoms with Crippen molar-refractivity contribution < 1.29 is 19.1 Å². The zero-order valence-corrected chi connectivity index (χ0v) is 14.3. The van der Waals surface area contributed by atoms with Crippen LogP contribution >= 0.6 is 0 Å². The van der Waals surface area contributed by atoms with E-state index in [0.29, 0.717) is 30.2 Å². The van der Waals surface area contributed by atoms with Gasteiger partial charge in [-0.3, -0.25) is 9.59 Å². The summed E-state index contributed by atoms with van der Waals surface area (Å²) in [7, 11) is 0. The summed E-state index contributed by atoms with van der Waals surface area (Å²) in [4.78, 5) is 25.9. The molecule has 2 aromatic carbocycles. The van der Waals surface area contributed by atoms with Gasteiger partial charge in [0.2, 0.25) is 18.6 Å². The average Bonchev–Trinajstić information content (AvgIpc) is 3.22. The maximum atomic E-state index is 12.2. The second kappa shape index (κ2) is 6.55. The van der Waals surface area contributed by atoms with Crippen molar-refractivity contribution in [3.8, 4) is 11.5 Å². The van der Waals surface area contributed by atoms with Gasteiger partial charge < -0.3 is 19.7 Å². The molecule has 0 saturated carbocycles. The predicted molar refractivity (Wildman–Crippen MR) is 98.4 cm³/mol. The van der Waals surface area contributed by atoms with E-state index in [9.17, 15) is 9.59 Å². The molecule has 132 valence electrons. The first-order valence-corrected chi connectivity index (χ1v) is 8.46. The van der Waals surface area contributed by atoms with Crippen molar-refractivity contribution in [2.45, 2.75) is 13.3 Å². The molecule has 0 radical (unpaired) electrons. The Balaban J connectivity index is 1.44. The van der Waals surface area contributed by atoms with Gasteiger partial charge in [0.1, 0.15) is 0 Å². The average molecular weight is 350 g/mol. The van der Waals surface area contributed by atoms with E-state index in [-0.39, 0.29) is 18.6 Å². The summed E-state index contributed by atoms with van der Waals surface area (Å²) in [5.41, 5.74) is 3.39. The third-order valence-electron chi connectivity index (χ3n) is 4.42. The van der Waals surface area contributed by atoms with Gasteiger partial charge in [0.25, 0.3) is 0 Å². The fourth-order valence-electron chi connectivity index (χ4n) is 3.18. The predicted octanol–water partition coefficient (Wildman–Crippen LogP) is 2.98. The number of anilines is 2. The van der Waals surface area contributed by atoms with E-state index in [2.05, 4.69) is 5.32 Å². The smallest absolute Gasteiger partial charge is 0.248 e. The van der Waals surface area contributed by atoms with Crippen molar-refractivity contribution in [3.63, 3.8) is 0 Å². The van der Waals surface area contributed by atoms with Crippen molar-refractivity contribution in [1.29, 1.82) is 0 Å². The van der Waals surface area contributed by atoms with Gasteiger partial charge in [0.15, 0.2) is 11.5 Å². The highest BCUT2D eigenvalue weighted by Crippen LogP contribution is 2.33. The molecule has 0 aliphatic carbocycles. The van der Waals surface area contributed by atoms with E-state index in [1.165, 1.54) is 6.08 Å². The Hall–Kier alpha value is -3.28. The molecule has 0 atom stereocenters. The lowest BCUT2D eigenvalue weighted by molar-refractivity contribution is -0.117. The molecule has 0 saturated heterocycles. The molecule has 2 aliphatic heterocycles. The maximum absolute atomic E-state index is 12.2. The van der Waals surface area contributed by atoms with Gasteiger partial charge in [0, 0.05) is 24.0 Å². The number of amides is 2. The van der Waals surface area contributed by atoms with E-state index >= 15 is 0 Å². The molecule has 2 aromatic rings. The Kier molecular flexibility index (Phi) is 4.08. The first-order valence-electron chi connectivity index (χ1n) is 8.46. The number of ether oxygens (including phenoxy) is 2. The number of rotatable bonds is 4. The number of nitrogens with zero attached hydrogens (tertiary/aromatic N) is 1. The highest BCUT2D eigenvalue weighted by Gasteiger charge is 2.25. The third kappa shape index (κ3) is 3.01. The zero-order chi connectivity index (χ0) is 18.1. The van der Waals surface area contributed by atoms with Gasteiger partial charge in [-0.2, -0.15) is 0 Å². The summed E-state index contributed by atoms with van der Waals surface area (Å²) in [5, 5.41) is 2.83. The molecule has 0 unspecified atom stereocenters. The van der Waals surface area contributed by atoms with Gasteiger partial charge in [-0.05, 0) is 54.5 Å². The number of fused-ring (bicyclic) bond motifs is 2. The molecule has 6 heteroatoms. The van der Waals surface area contributed by atoms with Crippen molar-refractivity contribution in [2.24, 2.45) is 0 Å². The van der Waals surface area contributed by atoms with Crippen LogP contribution < -0.4 is 19.7 Å². The minimum absolute atomic E-state index is 0.0914. The molecule has 2 heterocycles. The summed E-state index contributed by atoms with van der Waals surface area (Å²) < 4.78 is 10.6. The lowest BCUT2D eigenvalue weighted by Gasteiger charge is -2.14. The summed E-state index contributed by atoms with van der Waals surface area (Å²) in [6, 6.07) is 11.0. The van der Waals surface area contributed by atoms with Gasteiger partial charge in [-0.25, -0.2) is 0 Å². The van der Waals surface area contributed by atoms with Crippen molar-refractivity contribution in [1.82, 2.24) is 0 Å². The van der Waals surface area contributed by atoms with Crippen LogP contribution in [0.1, 0.15) is 18.1 Å². The van der Waals surface area contributed by atoms with Crippen LogP contribution in [0.15, 0.2) is 42.5 Å². The van der Waals surface area contributed by atoms with Crippen molar-refractivity contribution >= 4 is 29.3 Å². The topological polar surface area (TPSA) is 67.9 Å². The minimum atomic E-state index is -0.237. The van der Waals surface area contributed by atoms with Crippen LogP contribution in [0.4, 0.5) is 11.4 Å². The van der Waals surface area contributed by atoms with Crippen LogP contribution in [-0.4, -0.2) is 25.2 Å². The minimum Gasteiger partial charge on any atom is -0.454 e. The summed E-state index contributed by atoms with van der Waals surface area (Å²) >= 11 is 0. The number of hydrogen-bond donors (Lipinski definition) is 1. The van der Waals surface area contributed by atoms with Gasteiger partial charge in [-0.1, -0.05) is 6.07 Å². The monoisotopic (exact) mass is 350 g/mol. The highest BCUT2D eigenvalue weighted by molar-refractivity contribution is 6.04. The van der Waals surface area contributed by atoms with Gasteiger partial charge in [-0.15, -0.1) is 0 Å². The standard InChI is InChI=1S/C20H18N2O4/c1-2-22-16-6-5-15(10-14(16)11-20(22)24)21-19(23)8-4-13-3-7-17-18(9-13)26-12-25-17/h3-10H,2,11-12H2,1H3,(H,21,23)/b8-4+. The second-order valence-electron chi connectivity index (χ2n) is 6.09. The lowest BCUT2D eigenvalue weighted by Crippen LogP contribution is -2.25. The van der Waals surface area contributed by atoms with Crippen LogP contribution in [0, 0.1) is 0 Å². The molecule has 2 amide bonds. The Morgan fingerprint density at radius 2 is 2.04 bits per heavy atom. The number of likely N-dealkylation sites (N-methyl/N-ethyl adjacent to an activating group) is 1. The molecule has 4 rings (SSSR count). The first-order chi connectivity index (χ1) is 12.6. The molecule has 0 spiro atoms. The fourth-order valence-corrected chi connectivity index (χ4v) is 3.18. The molecule has 0 bridgehead atoms. The largest absolute Gasteiger partial charge is 0.454 e. The fraction of sp³-hybridized carbons (Fsp3) is 0.200. The molecule has 0 aromatic heterocycles. The van der Waals surface area contributed by atoms with Crippen LogP contribution in [-0.2, 0) is 16.0 Å². The van der Waals surface area contributed by atoms with Crippen LogP contribution in [0.5, 0.6) is 11.5 Å². The summed E-state index contributed by atoms with van der Waals surface area (Å²) in [5.74, 6) is 1.24. The molecular formula is C20H18N2O4. The number of benzene rings is 2. The molecule has 6 nitrogen and oxygen atoms in total. The van der Waals surface area contributed by atoms with Crippen molar-refractivity contribution in [3.05, 3.63) is 53.6 Å². The Labute approximate surface area is 151 Å². The molecule has 26 heavy (non-hydrogen) atoms. The molecule has 2 aliphatic rings. The second-order valence-corrected chi connectivity index (χ2v) is 6.09. The normalized spacial score (nSPS) is 14.8. The number of hydrogen-bond acceptors (Lipinski definition) is 4. The van der Waals surface area contributed by atoms with Gasteiger partial charge in [0.05, 0.1) is 6.42 Å². The van der Waals surface area contributed by atoms with E-state index in [0.717, 1.165) is 16.8 Å². The summed E-state index contributed by atoms with van der Waals surface area (Å²) in [6.45, 7) is 2.82. The van der Waals surface area contributed by atoms with E-state index in [1.807, 2.05) is 43.3 Å². The van der Waals surface area contributed by atoms with Gasteiger partial charge >= 0.3 is 0 Å². The van der Waals surface area contributed by atoms with Crippen LogP contribution in [0.25, 0.3) is 6.08 Å².